The van der Waals surface area contributed by atoms with Crippen LogP contribution in [0.25, 0.3) is 0 Å². The summed E-state index contributed by atoms with van der Waals surface area (Å²) in [7, 11) is 0. The summed E-state index contributed by atoms with van der Waals surface area (Å²) in [5.74, 6) is -0.842. The third-order valence-corrected chi connectivity index (χ3v) is 2.22. The fraction of sp³-hybridized carbons (Fsp3) is 0.222. The van der Waals surface area contributed by atoms with Gasteiger partial charge < -0.3 is 9.94 Å². The molecule has 0 saturated carbocycles. The minimum atomic E-state index is -0.743. The Morgan fingerprint density at radius 2 is 2.27 bits per heavy atom. The smallest absolute Gasteiger partial charge is 0.178 e. The topological polar surface area (TPSA) is 41.8 Å². The first-order valence-corrected chi connectivity index (χ1v) is 4.86. The first-order chi connectivity index (χ1) is 7.11. The molecule has 1 aromatic rings. The molecular formula is C9H8Cl2FNO2. The number of oxime groups is 1. The zero-order chi connectivity index (χ0) is 11.4. The number of hydrogen-bond donors (Lipinski definition) is 1. The summed E-state index contributed by atoms with van der Waals surface area (Å²) >= 11 is 11.2. The van der Waals surface area contributed by atoms with E-state index in [2.05, 4.69) is 5.16 Å². The number of benzene rings is 1. The lowest BCUT2D eigenvalue weighted by atomic mass is 10.2. The summed E-state index contributed by atoms with van der Waals surface area (Å²) in [4.78, 5) is 0. The summed E-state index contributed by atoms with van der Waals surface area (Å²) in [5, 5.41) is 10.9. The van der Waals surface area contributed by atoms with Crippen molar-refractivity contribution in [3.63, 3.8) is 0 Å². The second kappa shape index (κ2) is 5.19. The SMILES string of the molecule is CCOc1c(Cl)ccc(/C(Cl)=N/O)c1F. The molecule has 1 aromatic carbocycles. The molecular weight excluding hydrogens is 244 g/mol. The number of ether oxygens (including phenoxy) is 1. The molecule has 0 bridgehead atoms. The van der Waals surface area contributed by atoms with Gasteiger partial charge in [-0.2, -0.15) is 0 Å². The predicted octanol–water partition coefficient (Wildman–Crippen LogP) is 3.25. The molecule has 0 aliphatic carbocycles. The molecule has 0 aliphatic rings. The van der Waals surface area contributed by atoms with Crippen molar-refractivity contribution in [1.82, 2.24) is 0 Å². The highest BCUT2D eigenvalue weighted by Crippen LogP contribution is 2.30. The van der Waals surface area contributed by atoms with Gasteiger partial charge in [-0.15, -0.1) is 0 Å². The molecule has 0 unspecified atom stereocenters. The highest BCUT2D eigenvalue weighted by molar-refractivity contribution is 6.69. The number of nitrogens with zero attached hydrogens (tertiary/aromatic N) is 1. The van der Waals surface area contributed by atoms with Gasteiger partial charge in [0.2, 0.25) is 0 Å². The van der Waals surface area contributed by atoms with Crippen LogP contribution in [-0.2, 0) is 0 Å². The average molecular weight is 252 g/mol. The zero-order valence-corrected chi connectivity index (χ0v) is 9.31. The maximum Gasteiger partial charge on any atom is 0.178 e. The second-order valence-electron chi connectivity index (χ2n) is 2.56. The number of halogens is 3. The van der Waals surface area contributed by atoms with Crippen LogP contribution in [0.5, 0.6) is 5.75 Å². The van der Waals surface area contributed by atoms with E-state index < -0.39 is 5.82 Å². The fourth-order valence-electron chi connectivity index (χ4n) is 1.02. The van der Waals surface area contributed by atoms with Crippen molar-refractivity contribution >= 4 is 28.4 Å². The van der Waals surface area contributed by atoms with Gasteiger partial charge in [-0.3, -0.25) is 0 Å². The van der Waals surface area contributed by atoms with Crippen molar-refractivity contribution in [3.05, 3.63) is 28.5 Å². The fourth-order valence-corrected chi connectivity index (χ4v) is 1.37. The van der Waals surface area contributed by atoms with E-state index in [4.69, 9.17) is 33.1 Å². The lowest BCUT2D eigenvalue weighted by Gasteiger charge is -2.09. The van der Waals surface area contributed by atoms with Gasteiger partial charge >= 0.3 is 0 Å². The van der Waals surface area contributed by atoms with Crippen LogP contribution in [0.15, 0.2) is 17.3 Å². The summed E-state index contributed by atoms with van der Waals surface area (Å²) in [6.07, 6.45) is 0. The molecule has 82 valence electrons. The van der Waals surface area contributed by atoms with E-state index in [9.17, 15) is 4.39 Å². The van der Waals surface area contributed by atoms with Crippen molar-refractivity contribution < 1.29 is 14.3 Å². The Bertz CT molecular complexity index is 396. The molecule has 3 nitrogen and oxygen atoms in total. The van der Waals surface area contributed by atoms with Gasteiger partial charge in [-0.25, -0.2) is 4.39 Å². The molecule has 0 heterocycles. The second-order valence-corrected chi connectivity index (χ2v) is 3.33. The Labute approximate surface area is 96.1 Å². The van der Waals surface area contributed by atoms with E-state index in [-0.39, 0.29) is 28.1 Å². The van der Waals surface area contributed by atoms with Crippen molar-refractivity contribution in [2.75, 3.05) is 6.61 Å². The molecule has 0 spiro atoms. The normalized spacial score (nSPS) is 11.6. The van der Waals surface area contributed by atoms with E-state index in [1.165, 1.54) is 12.1 Å². The van der Waals surface area contributed by atoms with Crippen molar-refractivity contribution in [2.45, 2.75) is 6.92 Å². The molecule has 0 aromatic heterocycles. The molecule has 1 rings (SSSR count). The quantitative estimate of drug-likeness (QED) is 0.509. The van der Waals surface area contributed by atoms with Gasteiger partial charge in [0.25, 0.3) is 0 Å². The Hall–Kier alpha value is -1.00. The molecule has 0 fully saturated rings. The third-order valence-electron chi connectivity index (χ3n) is 1.65. The van der Waals surface area contributed by atoms with E-state index in [0.29, 0.717) is 0 Å². The van der Waals surface area contributed by atoms with Crippen LogP contribution in [0.3, 0.4) is 0 Å². The Morgan fingerprint density at radius 3 is 2.80 bits per heavy atom. The van der Waals surface area contributed by atoms with Crippen LogP contribution in [0, 0.1) is 5.82 Å². The molecule has 0 atom stereocenters. The lowest BCUT2D eigenvalue weighted by Crippen LogP contribution is -2.02. The van der Waals surface area contributed by atoms with E-state index in [0.717, 1.165) is 0 Å². The van der Waals surface area contributed by atoms with Gasteiger partial charge in [0.1, 0.15) is 0 Å². The van der Waals surface area contributed by atoms with Crippen LogP contribution in [0.2, 0.25) is 5.02 Å². The highest BCUT2D eigenvalue weighted by atomic mass is 35.5. The Balaban J connectivity index is 3.28. The lowest BCUT2D eigenvalue weighted by molar-refractivity contribution is 0.317. The maximum atomic E-state index is 13.7. The van der Waals surface area contributed by atoms with E-state index in [1.807, 2.05) is 0 Å². The first-order valence-electron chi connectivity index (χ1n) is 4.10. The highest BCUT2D eigenvalue weighted by Gasteiger charge is 2.16. The van der Waals surface area contributed by atoms with E-state index in [1.54, 1.807) is 6.92 Å². The molecule has 0 saturated heterocycles. The minimum absolute atomic E-state index is 0.0629. The average Bonchev–Trinajstić information content (AvgIpc) is 2.23. The van der Waals surface area contributed by atoms with Crippen molar-refractivity contribution in [3.8, 4) is 5.75 Å². The van der Waals surface area contributed by atoms with Crippen LogP contribution < -0.4 is 4.74 Å². The van der Waals surface area contributed by atoms with Gasteiger partial charge in [-0.1, -0.05) is 28.4 Å². The van der Waals surface area contributed by atoms with Crippen LogP contribution in [-0.4, -0.2) is 17.0 Å². The first kappa shape index (κ1) is 12.1. The largest absolute Gasteiger partial charge is 0.489 e. The number of rotatable bonds is 3. The number of hydrogen-bond acceptors (Lipinski definition) is 3. The Kier molecular flexibility index (Phi) is 4.17. The maximum absolute atomic E-state index is 13.7. The summed E-state index contributed by atoms with van der Waals surface area (Å²) in [5.41, 5.74) is -0.0629. The molecule has 15 heavy (non-hydrogen) atoms. The monoisotopic (exact) mass is 251 g/mol. The molecule has 1 N–H and O–H groups in total. The molecule has 0 amide bonds. The van der Waals surface area contributed by atoms with E-state index >= 15 is 0 Å². The Morgan fingerprint density at radius 1 is 1.60 bits per heavy atom. The van der Waals surface area contributed by atoms with Crippen LogP contribution >= 0.6 is 23.2 Å². The summed E-state index contributed by atoms with van der Waals surface area (Å²) in [6, 6.07) is 2.72. The van der Waals surface area contributed by atoms with Gasteiger partial charge in [0, 0.05) is 0 Å². The van der Waals surface area contributed by atoms with Gasteiger partial charge in [0.15, 0.2) is 16.7 Å². The molecule has 6 heteroatoms. The van der Waals surface area contributed by atoms with Crippen molar-refractivity contribution in [1.29, 1.82) is 0 Å². The van der Waals surface area contributed by atoms with Gasteiger partial charge in [-0.05, 0) is 19.1 Å². The molecule has 0 radical (unpaired) electrons. The third kappa shape index (κ3) is 2.52. The standard InChI is InChI=1S/C9H8Cl2FNO2/c1-2-15-8-6(10)4-3-5(7(8)12)9(11)13-14/h3-4,14H,2H2,1H3/b13-9-. The zero-order valence-electron chi connectivity index (χ0n) is 7.80. The summed E-state index contributed by atoms with van der Waals surface area (Å²) in [6.45, 7) is 1.97. The van der Waals surface area contributed by atoms with Gasteiger partial charge in [0.05, 0.1) is 17.2 Å². The summed E-state index contributed by atoms with van der Waals surface area (Å²) < 4.78 is 18.7. The van der Waals surface area contributed by atoms with Crippen molar-refractivity contribution in [2.24, 2.45) is 5.16 Å². The van der Waals surface area contributed by atoms with Crippen LogP contribution in [0.1, 0.15) is 12.5 Å². The minimum Gasteiger partial charge on any atom is -0.489 e. The molecule has 0 aliphatic heterocycles. The predicted molar refractivity (Wildman–Crippen MR) is 56.8 cm³/mol. The van der Waals surface area contributed by atoms with Crippen LogP contribution in [0.4, 0.5) is 4.39 Å².